The topological polar surface area (TPSA) is 96.2 Å². The molecule has 0 aliphatic heterocycles. The smallest absolute Gasteiger partial charge is 0.303 e. The number of unbranched alkanes of at least 4 members (excludes halogenated alkanes) is 5. The molecule has 0 fully saturated rings. The van der Waals surface area contributed by atoms with Crippen LogP contribution in [0.2, 0.25) is 0 Å². The molecule has 0 aliphatic rings. The highest BCUT2D eigenvalue weighted by Crippen LogP contribution is 2.11. The van der Waals surface area contributed by atoms with E-state index in [1.807, 2.05) is 0 Å². The SMILES string of the molecule is CCCCCC(/C=C/C=C/C(CCCCCCC(=O)O)OO)OO. The number of hydrogen-bond donors (Lipinski definition) is 3. The first-order valence-corrected chi connectivity index (χ1v) is 8.81. The zero-order valence-electron chi connectivity index (χ0n) is 14.6. The molecule has 0 spiro atoms. The van der Waals surface area contributed by atoms with Gasteiger partial charge in [0, 0.05) is 6.42 Å². The summed E-state index contributed by atoms with van der Waals surface area (Å²) in [5, 5.41) is 26.2. The fourth-order valence-electron chi connectivity index (χ4n) is 2.32. The van der Waals surface area contributed by atoms with Crippen molar-refractivity contribution in [1.29, 1.82) is 0 Å². The van der Waals surface area contributed by atoms with Crippen LogP contribution in [0.3, 0.4) is 0 Å². The van der Waals surface area contributed by atoms with Gasteiger partial charge in [-0.1, -0.05) is 69.8 Å². The molecule has 0 heterocycles. The first-order chi connectivity index (χ1) is 11.6. The molecule has 6 heteroatoms. The molecule has 0 radical (unpaired) electrons. The van der Waals surface area contributed by atoms with Crippen molar-refractivity contribution >= 4 is 5.97 Å². The second kappa shape index (κ2) is 16.6. The zero-order chi connectivity index (χ0) is 18.0. The van der Waals surface area contributed by atoms with Gasteiger partial charge in [0.05, 0.1) is 0 Å². The lowest BCUT2D eigenvalue weighted by Crippen LogP contribution is -2.07. The minimum atomic E-state index is -0.763. The standard InChI is InChI=1S/C18H32O6/c1-2-3-6-11-16(23-21)13-9-10-14-17(24-22)12-7-4-5-8-15-18(19)20/h9-10,13-14,16-17,21-22H,2-8,11-12,15H2,1H3,(H,19,20)/b13-9+,14-10+. The third kappa shape index (κ3) is 14.4. The van der Waals surface area contributed by atoms with Crippen molar-refractivity contribution in [3.63, 3.8) is 0 Å². The zero-order valence-corrected chi connectivity index (χ0v) is 14.6. The molecule has 0 aliphatic carbocycles. The molecule has 0 rings (SSSR count). The summed E-state index contributed by atoms with van der Waals surface area (Å²) < 4.78 is 0. The Balaban J connectivity index is 3.92. The number of allylic oxidation sites excluding steroid dienone is 2. The molecule has 6 nitrogen and oxygen atoms in total. The Hall–Kier alpha value is -1.21. The van der Waals surface area contributed by atoms with Gasteiger partial charge in [-0.15, -0.1) is 0 Å². The highest BCUT2D eigenvalue weighted by atomic mass is 17.1. The first kappa shape index (κ1) is 22.8. The predicted molar refractivity (Wildman–Crippen MR) is 92.8 cm³/mol. The minimum Gasteiger partial charge on any atom is -0.481 e. The van der Waals surface area contributed by atoms with E-state index in [2.05, 4.69) is 16.7 Å². The normalized spacial score (nSPS) is 14.5. The molecule has 24 heavy (non-hydrogen) atoms. The van der Waals surface area contributed by atoms with Crippen LogP contribution in [-0.4, -0.2) is 33.8 Å². The lowest BCUT2D eigenvalue weighted by Gasteiger charge is -2.08. The second-order valence-corrected chi connectivity index (χ2v) is 5.90. The molecule has 0 aromatic rings. The van der Waals surface area contributed by atoms with E-state index in [0.29, 0.717) is 12.8 Å². The highest BCUT2D eigenvalue weighted by molar-refractivity contribution is 5.66. The van der Waals surface area contributed by atoms with Crippen LogP contribution in [0.15, 0.2) is 24.3 Å². The molecule has 140 valence electrons. The monoisotopic (exact) mass is 344 g/mol. The molecule has 0 bridgehead atoms. The maximum atomic E-state index is 10.4. The summed E-state index contributed by atoms with van der Waals surface area (Å²) in [5.74, 6) is -0.763. The summed E-state index contributed by atoms with van der Waals surface area (Å²) in [6.45, 7) is 2.12. The van der Waals surface area contributed by atoms with Crippen LogP contribution in [0.1, 0.15) is 71.1 Å². The van der Waals surface area contributed by atoms with Gasteiger partial charge in [-0.25, -0.2) is 9.78 Å². The summed E-state index contributed by atoms with van der Waals surface area (Å²) >= 11 is 0. The van der Waals surface area contributed by atoms with E-state index in [4.69, 9.17) is 15.6 Å². The summed E-state index contributed by atoms with van der Waals surface area (Å²) in [6.07, 6.45) is 14.5. The van der Waals surface area contributed by atoms with Crippen LogP contribution < -0.4 is 0 Å². The van der Waals surface area contributed by atoms with Crippen molar-refractivity contribution in [1.82, 2.24) is 0 Å². The summed E-state index contributed by atoms with van der Waals surface area (Å²) in [4.78, 5) is 19.2. The van der Waals surface area contributed by atoms with Gasteiger partial charge in [0.2, 0.25) is 0 Å². The predicted octanol–water partition coefficient (Wildman–Crippen LogP) is 4.82. The number of aliphatic carboxylic acids is 1. The van der Waals surface area contributed by atoms with Crippen LogP contribution in [0.25, 0.3) is 0 Å². The number of carboxylic acids is 1. The maximum Gasteiger partial charge on any atom is 0.303 e. The van der Waals surface area contributed by atoms with Gasteiger partial charge >= 0.3 is 5.97 Å². The summed E-state index contributed by atoms with van der Waals surface area (Å²) in [5.41, 5.74) is 0. The van der Waals surface area contributed by atoms with Crippen molar-refractivity contribution in [2.45, 2.75) is 83.3 Å². The van der Waals surface area contributed by atoms with E-state index in [0.717, 1.165) is 44.9 Å². The largest absolute Gasteiger partial charge is 0.481 e. The molecule has 3 N–H and O–H groups in total. The third-order valence-corrected chi connectivity index (χ3v) is 3.75. The molecule has 0 amide bonds. The number of carboxylic acid groups (broad SMARTS) is 1. The molecule has 0 aromatic heterocycles. The van der Waals surface area contributed by atoms with Crippen molar-refractivity contribution in [3.05, 3.63) is 24.3 Å². The van der Waals surface area contributed by atoms with Gasteiger partial charge in [-0.3, -0.25) is 15.3 Å². The van der Waals surface area contributed by atoms with Gasteiger partial charge in [0.15, 0.2) is 0 Å². The first-order valence-electron chi connectivity index (χ1n) is 8.81. The Morgan fingerprint density at radius 2 is 1.38 bits per heavy atom. The van der Waals surface area contributed by atoms with Crippen molar-refractivity contribution < 1.29 is 30.2 Å². The van der Waals surface area contributed by atoms with Gasteiger partial charge in [-0.2, -0.15) is 0 Å². The second-order valence-electron chi connectivity index (χ2n) is 5.90. The summed E-state index contributed by atoms with van der Waals surface area (Å²) in [6, 6.07) is 0. The average Bonchev–Trinajstić information content (AvgIpc) is 2.57. The lowest BCUT2D eigenvalue weighted by molar-refractivity contribution is -0.267. The van der Waals surface area contributed by atoms with E-state index in [-0.39, 0.29) is 18.6 Å². The molecule has 0 saturated carbocycles. The Labute approximate surface area is 144 Å². The van der Waals surface area contributed by atoms with Crippen molar-refractivity contribution in [2.24, 2.45) is 0 Å². The van der Waals surface area contributed by atoms with E-state index < -0.39 is 5.97 Å². The van der Waals surface area contributed by atoms with E-state index in [1.54, 1.807) is 24.3 Å². The molecular formula is C18H32O6. The number of carbonyl (C=O) groups is 1. The third-order valence-electron chi connectivity index (χ3n) is 3.75. The van der Waals surface area contributed by atoms with Gasteiger partial charge in [0.1, 0.15) is 12.2 Å². The Morgan fingerprint density at radius 3 is 1.83 bits per heavy atom. The lowest BCUT2D eigenvalue weighted by atomic mass is 10.1. The molecule has 0 aromatic carbocycles. The number of hydrogen-bond acceptors (Lipinski definition) is 5. The molecular weight excluding hydrogens is 312 g/mol. The van der Waals surface area contributed by atoms with Crippen molar-refractivity contribution in [3.8, 4) is 0 Å². The Bertz CT molecular complexity index is 353. The molecule has 2 unspecified atom stereocenters. The maximum absolute atomic E-state index is 10.4. The molecule has 2 atom stereocenters. The van der Waals surface area contributed by atoms with Crippen LogP contribution in [-0.2, 0) is 14.6 Å². The summed E-state index contributed by atoms with van der Waals surface area (Å²) in [7, 11) is 0. The van der Waals surface area contributed by atoms with Crippen LogP contribution in [0.4, 0.5) is 0 Å². The minimum absolute atomic E-state index is 0.205. The van der Waals surface area contributed by atoms with E-state index in [9.17, 15) is 4.79 Å². The van der Waals surface area contributed by atoms with E-state index in [1.165, 1.54) is 0 Å². The quantitative estimate of drug-likeness (QED) is 0.161. The van der Waals surface area contributed by atoms with Crippen molar-refractivity contribution in [2.75, 3.05) is 0 Å². The fraction of sp³-hybridized carbons (Fsp3) is 0.722. The van der Waals surface area contributed by atoms with Gasteiger partial charge < -0.3 is 5.11 Å². The van der Waals surface area contributed by atoms with Gasteiger partial charge in [0.25, 0.3) is 0 Å². The van der Waals surface area contributed by atoms with Crippen LogP contribution in [0.5, 0.6) is 0 Å². The number of rotatable bonds is 16. The molecule has 0 saturated heterocycles. The Morgan fingerprint density at radius 1 is 0.875 bits per heavy atom. The van der Waals surface area contributed by atoms with E-state index >= 15 is 0 Å². The highest BCUT2D eigenvalue weighted by Gasteiger charge is 2.05. The fourth-order valence-corrected chi connectivity index (χ4v) is 2.32. The van der Waals surface area contributed by atoms with Gasteiger partial charge in [-0.05, 0) is 19.3 Å². The van der Waals surface area contributed by atoms with Crippen LogP contribution in [0, 0.1) is 0 Å². The average molecular weight is 344 g/mol. The Kier molecular flexibility index (Phi) is 15.8. The van der Waals surface area contributed by atoms with Crippen LogP contribution >= 0.6 is 0 Å².